The van der Waals surface area contributed by atoms with E-state index in [4.69, 9.17) is 11.6 Å². The number of halogens is 2. The van der Waals surface area contributed by atoms with Gasteiger partial charge in [-0.1, -0.05) is 61.2 Å². The monoisotopic (exact) mass is 536 g/mol. The molecule has 1 aliphatic carbocycles. The molecular formula is C29H30ClFN4O3. The Labute approximate surface area is 225 Å². The fourth-order valence-corrected chi connectivity index (χ4v) is 5.66. The van der Waals surface area contributed by atoms with Crippen molar-refractivity contribution in [3.63, 3.8) is 0 Å². The van der Waals surface area contributed by atoms with E-state index >= 15 is 4.39 Å². The van der Waals surface area contributed by atoms with Crippen molar-refractivity contribution < 1.29 is 18.8 Å². The van der Waals surface area contributed by atoms with Crippen molar-refractivity contribution in [3.05, 3.63) is 71.0 Å². The van der Waals surface area contributed by atoms with E-state index in [0.29, 0.717) is 23.1 Å². The fourth-order valence-electron chi connectivity index (χ4n) is 5.41. The minimum atomic E-state index is -2.35. The highest BCUT2D eigenvalue weighted by atomic mass is 35.5. The smallest absolute Gasteiger partial charge is 0.320 e. The second kappa shape index (κ2) is 11.1. The maximum absolute atomic E-state index is 15.9. The molecule has 198 valence electrons. The number of aromatic nitrogens is 1. The SMILES string of the molecule is O=C(Nc1ccc(CC(=O)C2(F)CCCN2C(=O)NC2CCCCC2)cc1Cl)c1nccc2ccccc12. The summed E-state index contributed by atoms with van der Waals surface area (Å²) in [6, 6.07) is 13.5. The minimum Gasteiger partial charge on any atom is -0.335 e. The van der Waals surface area contributed by atoms with Gasteiger partial charge in [0.15, 0.2) is 5.78 Å². The van der Waals surface area contributed by atoms with E-state index in [9.17, 15) is 14.4 Å². The summed E-state index contributed by atoms with van der Waals surface area (Å²) in [6.45, 7) is 0.203. The van der Waals surface area contributed by atoms with Crippen LogP contribution >= 0.6 is 11.6 Å². The molecule has 1 atom stereocenters. The quantitative estimate of drug-likeness (QED) is 0.375. The summed E-state index contributed by atoms with van der Waals surface area (Å²) in [4.78, 5) is 44.1. The van der Waals surface area contributed by atoms with Gasteiger partial charge in [-0.15, -0.1) is 0 Å². The van der Waals surface area contributed by atoms with Gasteiger partial charge in [-0.25, -0.2) is 9.18 Å². The summed E-state index contributed by atoms with van der Waals surface area (Å²) < 4.78 is 15.9. The van der Waals surface area contributed by atoms with Gasteiger partial charge >= 0.3 is 6.03 Å². The number of pyridine rings is 1. The van der Waals surface area contributed by atoms with E-state index in [1.165, 1.54) is 6.07 Å². The normalized spacial score (nSPS) is 19.9. The lowest BCUT2D eigenvalue weighted by Gasteiger charge is -2.32. The number of anilines is 1. The highest BCUT2D eigenvalue weighted by Crippen LogP contribution is 2.34. The first-order valence-electron chi connectivity index (χ1n) is 13.1. The molecule has 0 spiro atoms. The van der Waals surface area contributed by atoms with Crippen molar-refractivity contribution in [2.24, 2.45) is 0 Å². The highest BCUT2D eigenvalue weighted by molar-refractivity contribution is 6.34. The molecule has 0 radical (unpaired) electrons. The van der Waals surface area contributed by atoms with Gasteiger partial charge in [0.1, 0.15) is 5.69 Å². The van der Waals surface area contributed by atoms with E-state index in [2.05, 4.69) is 15.6 Å². The number of hydrogen-bond donors (Lipinski definition) is 2. The van der Waals surface area contributed by atoms with E-state index in [1.807, 2.05) is 30.3 Å². The first-order chi connectivity index (χ1) is 18.3. The molecule has 38 heavy (non-hydrogen) atoms. The van der Waals surface area contributed by atoms with E-state index in [0.717, 1.165) is 42.4 Å². The van der Waals surface area contributed by atoms with Gasteiger partial charge in [-0.05, 0) is 48.4 Å². The summed E-state index contributed by atoms with van der Waals surface area (Å²) in [5.74, 6) is -3.44. The van der Waals surface area contributed by atoms with Crippen molar-refractivity contribution in [2.75, 3.05) is 11.9 Å². The number of nitrogens with one attached hydrogen (secondary N) is 2. The van der Waals surface area contributed by atoms with Crippen LogP contribution in [0.3, 0.4) is 0 Å². The van der Waals surface area contributed by atoms with Crippen LogP contribution in [0, 0.1) is 0 Å². The van der Waals surface area contributed by atoms with E-state index < -0.39 is 23.5 Å². The molecule has 1 unspecified atom stereocenters. The van der Waals surface area contributed by atoms with Crippen LogP contribution in [0.1, 0.15) is 61.0 Å². The molecule has 9 heteroatoms. The van der Waals surface area contributed by atoms with Crippen LogP contribution in [0.2, 0.25) is 5.02 Å². The van der Waals surface area contributed by atoms with Crippen LogP contribution in [0.15, 0.2) is 54.7 Å². The van der Waals surface area contributed by atoms with Gasteiger partial charge in [0.2, 0.25) is 5.79 Å². The van der Waals surface area contributed by atoms with Crippen LogP contribution < -0.4 is 10.6 Å². The second-order valence-electron chi connectivity index (χ2n) is 10.0. The number of carbonyl (C=O) groups excluding carboxylic acids is 3. The number of hydrogen-bond acceptors (Lipinski definition) is 4. The van der Waals surface area contributed by atoms with Crippen molar-refractivity contribution in [2.45, 2.75) is 63.2 Å². The average molecular weight is 537 g/mol. The molecule has 2 aromatic carbocycles. The third kappa shape index (κ3) is 5.36. The lowest BCUT2D eigenvalue weighted by atomic mass is 9.95. The number of benzene rings is 2. The molecule has 3 aromatic rings. The fraction of sp³-hybridized carbons (Fsp3) is 0.379. The van der Waals surface area contributed by atoms with Gasteiger partial charge < -0.3 is 10.6 Å². The maximum atomic E-state index is 15.9. The Balaban J connectivity index is 1.25. The molecule has 3 amide bonds. The summed E-state index contributed by atoms with van der Waals surface area (Å²) in [5, 5.41) is 7.51. The predicted octanol–water partition coefficient (Wildman–Crippen LogP) is 6.06. The molecule has 1 saturated heterocycles. The molecule has 1 aliphatic heterocycles. The highest BCUT2D eigenvalue weighted by Gasteiger charge is 2.50. The van der Waals surface area contributed by atoms with Crippen molar-refractivity contribution >= 4 is 45.8 Å². The Bertz CT molecular complexity index is 1370. The molecule has 0 bridgehead atoms. The van der Waals surface area contributed by atoms with Gasteiger partial charge in [0, 0.05) is 37.0 Å². The van der Waals surface area contributed by atoms with Gasteiger partial charge in [-0.2, -0.15) is 0 Å². The van der Waals surface area contributed by atoms with Crippen LogP contribution in [-0.2, 0) is 11.2 Å². The molecule has 7 nitrogen and oxygen atoms in total. The molecule has 1 aromatic heterocycles. The van der Waals surface area contributed by atoms with Crippen molar-refractivity contribution in [1.29, 1.82) is 0 Å². The molecule has 2 heterocycles. The van der Waals surface area contributed by atoms with Gasteiger partial charge in [0.25, 0.3) is 5.91 Å². The number of nitrogens with zero attached hydrogens (tertiary/aromatic N) is 2. The largest absolute Gasteiger partial charge is 0.335 e. The number of urea groups is 1. The predicted molar refractivity (Wildman–Crippen MR) is 145 cm³/mol. The zero-order chi connectivity index (χ0) is 26.7. The standard InChI is InChI=1S/C29H30ClFN4O3/c30-23-17-19(11-12-24(23)34-27(37)26-22-10-5-4-7-20(22)13-15-32-26)18-25(36)29(31)14-6-16-35(29)28(38)33-21-8-2-1-3-9-21/h4-5,7,10-13,15,17,21H,1-3,6,8-9,14,16,18H2,(H,33,38)(H,34,37). The van der Waals surface area contributed by atoms with Crippen LogP contribution in [0.25, 0.3) is 10.8 Å². The Morgan fingerprint density at radius 1 is 1.05 bits per heavy atom. The summed E-state index contributed by atoms with van der Waals surface area (Å²) in [5.41, 5.74) is 1.12. The molecule has 2 aliphatic rings. The molecule has 2 N–H and O–H groups in total. The maximum Gasteiger partial charge on any atom is 0.320 e. The van der Waals surface area contributed by atoms with Crippen molar-refractivity contribution in [3.8, 4) is 0 Å². The number of alkyl halides is 1. The summed E-state index contributed by atoms with van der Waals surface area (Å²) >= 11 is 6.43. The number of amides is 3. The van der Waals surface area contributed by atoms with Gasteiger partial charge in [0.05, 0.1) is 10.7 Å². The lowest BCUT2D eigenvalue weighted by molar-refractivity contribution is -0.137. The van der Waals surface area contributed by atoms with Crippen molar-refractivity contribution in [1.82, 2.24) is 15.2 Å². The van der Waals surface area contributed by atoms with E-state index in [-0.39, 0.29) is 36.1 Å². The molecule has 2 fully saturated rings. The summed E-state index contributed by atoms with van der Waals surface area (Å²) in [6.07, 6.45) is 6.74. The Kier molecular flexibility index (Phi) is 7.61. The lowest BCUT2D eigenvalue weighted by Crippen LogP contribution is -2.55. The average Bonchev–Trinajstić information content (AvgIpc) is 3.33. The van der Waals surface area contributed by atoms with Gasteiger partial charge in [-0.3, -0.25) is 19.5 Å². The second-order valence-corrected chi connectivity index (χ2v) is 10.5. The zero-order valence-corrected chi connectivity index (χ0v) is 21.8. The summed E-state index contributed by atoms with van der Waals surface area (Å²) in [7, 11) is 0. The number of likely N-dealkylation sites (tertiary alicyclic amines) is 1. The first kappa shape index (κ1) is 26.1. The first-order valence-corrected chi connectivity index (χ1v) is 13.5. The number of ketones is 1. The Morgan fingerprint density at radius 3 is 2.63 bits per heavy atom. The number of fused-ring (bicyclic) bond motifs is 1. The Hall–Kier alpha value is -3.52. The van der Waals surface area contributed by atoms with Crippen LogP contribution in [0.4, 0.5) is 14.9 Å². The molecule has 1 saturated carbocycles. The van der Waals surface area contributed by atoms with Crippen LogP contribution in [-0.4, -0.2) is 46.0 Å². The molecule has 5 rings (SSSR count). The number of Topliss-reactive ketones (excluding diaryl/α,β-unsaturated/α-hetero) is 1. The number of rotatable bonds is 6. The minimum absolute atomic E-state index is 0.0240. The van der Waals surface area contributed by atoms with Crippen LogP contribution in [0.5, 0.6) is 0 Å². The third-order valence-corrected chi connectivity index (χ3v) is 7.77. The third-order valence-electron chi connectivity index (χ3n) is 7.46. The molecular weight excluding hydrogens is 507 g/mol. The zero-order valence-electron chi connectivity index (χ0n) is 21.0. The number of carbonyl (C=O) groups is 3. The topological polar surface area (TPSA) is 91.4 Å². The Morgan fingerprint density at radius 2 is 1.84 bits per heavy atom. The van der Waals surface area contributed by atoms with E-state index in [1.54, 1.807) is 18.3 Å².